The van der Waals surface area contributed by atoms with Gasteiger partial charge in [-0.25, -0.2) is 22.5 Å². The van der Waals surface area contributed by atoms with Crippen molar-refractivity contribution in [2.75, 3.05) is 23.7 Å². The molecule has 2 heterocycles. The van der Waals surface area contributed by atoms with Gasteiger partial charge in [0.15, 0.2) is 5.82 Å². The maximum atomic E-state index is 13.4. The van der Waals surface area contributed by atoms with E-state index >= 15 is 0 Å². The molecule has 0 aromatic carbocycles. The molecule has 2 saturated carbocycles. The van der Waals surface area contributed by atoms with E-state index in [2.05, 4.69) is 19.9 Å². The van der Waals surface area contributed by atoms with E-state index in [4.69, 9.17) is 5.73 Å². The van der Waals surface area contributed by atoms with E-state index in [-0.39, 0.29) is 30.6 Å². The lowest BCUT2D eigenvalue weighted by Crippen LogP contribution is -2.32. The molecule has 4 rings (SSSR count). The number of nitrogens with two attached hydrogens (primary N) is 1. The highest BCUT2D eigenvalue weighted by atomic mass is 19.4. The third-order valence-corrected chi connectivity index (χ3v) is 4.99. The van der Waals surface area contributed by atoms with Crippen LogP contribution in [-0.2, 0) is 6.18 Å². The van der Waals surface area contributed by atoms with Crippen LogP contribution in [0.25, 0.3) is 11.5 Å². The first-order chi connectivity index (χ1) is 13.8. The highest BCUT2D eigenvalue weighted by Crippen LogP contribution is 2.51. The molecule has 2 aliphatic carbocycles. The molecule has 2 unspecified atom stereocenters. The Morgan fingerprint density at radius 1 is 0.933 bits per heavy atom. The minimum absolute atomic E-state index is 0.262. The van der Waals surface area contributed by atoms with E-state index in [1.807, 2.05) is 0 Å². The Morgan fingerprint density at radius 2 is 1.50 bits per heavy atom. The molecule has 13 heteroatoms. The van der Waals surface area contributed by atoms with Crippen LogP contribution in [0.2, 0.25) is 0 Å². The van der Waals surface area contributed by atoms with Crippen molar-refractivity contribution in [1.29, 1.82) is 0 Å². The number of nitrogen functional groups attached to an aromatic ring is 1. The van der Waals surface area contributed by atoms with Crippen LogP contribution in [0.15, 0.2) is 18.2 Å². The first-order valence-electron chi connectivity index (χ1n) is 8.92. The maximum absolute atomic E-state index is 13.4. The van der Waals surface area contributed by atoms with Gasteiger partial charge in [-0.05, 0) is 12.1 Å². The number of rotatable bonds is 6. The number of anilines is 2. The Labute approximate surface area is 165 Å². The molecule has 0 bridgehead atoms. The Balaban J connectivity index is 1.66. The number of halogens is 7. The van der Waals surface area contributed by atoms with Gasteiger partial charge in [0, 0.05) is 37.8 Å². The summed E-state index contributed by atoms with van der Waals surface area (Å²) >= 11 is 0. The zero-order chi connectivity index (χ0) is 21.9. The van der Waals surface area contributed by atoms with Crippen molar-refractivity contribution in [3.05, 3.63) is 23.9 Å². The number of aromatic nitrogens is 4. The average molecular weight is 436 g/mol. The van der Waals surface area contributed by atoms with E-state index in [9.17, 15) is 30.7 Å². The van der Waals surface area contributed by atoms with Crippen molar-refractivity contribution < 1.29 is 30.7 Å². The van der Waals surface area contributed by atoms with Crippen LogP contribution in [0, 0.1) is 11.8 Å². The van der Waals surface area contributed by atoms with Gasteiger partial charge in [-0.3, -0.25) is 0 Å². The monoisotopic (exact) mass is 436 g/mol. The summed E-state index contributed by atoms with van der Waals surface area (Å²) in [5.41, 5.74) is 4.17. The average Bonchev–Trinajstić information content (AvgIpc) is 3.46. The second-order valence-electron chi connectivity index (χ2n) is 7.45. The van der Waals surface area contributed by atoms with Gasteiger partial charge in [-0.15, -0.1) is 0 Å². The van der Waals surface area contributed by atoms with Crippen molar-refractivity contribution in [3.63, 3.8) is 0 Å². The summed E-state index contributed by atoms with van der Waals surface area (Å²) in [5.74, 6) is -8.91. The molecule has 0 amide bonds. The Hall–Kier alpha value is -2.73. The van der Waals surface area contributed by atoms with Crippen molar-refractivity contribution in [2.45, 2.75) is 30.9 Å². The molecule has 2 fully saturated rings. The molecule has 0 spiro atoms. The lowest BCUT2D eigenvalue weighted by molar-refractivity contribution is -0.141. The van der Waals surface area contributed by atoms with Gasteiger partial charge in [-0.2, -0.15) is 28.1 Å². The van der Waals surface area contributed by atoms with E-state index in [1.54, 1.807) is 0 Å². The van der Waals surface area contributed by atoms with E-state index in [0.29, 0.717) is 0 Å². The third-order valence-electron chi connectivity index (χ3n) is 4.99. The van der Waals surface area contributed by atoms with Crippen LogP contribution in [-0.4, -0.2) is 44.9 Å². The highest BCUT2D eigenvalue weighted by Gasteiger charge is 2.60. The fraction of sp³-hybridized carbons (Fsp3) is 0.529. The lowest BCUT2D eigenvalue weighted by Gasteiger charge is -2.23. The summed E-state index contributed by atoms with van der Waals surface area (Å²) in [6.45, 7) is -0.586. The molecule has 0 aliphatic heterocycles. The molecule has 2 N–H and O–H groups in total. The zero-order valence-corrected chi connectivity index (χ0v) is 15.2. The molecule has 0 saturated heterocycles. The van der Waals surface area contributed by atoms with Crippen LogP contribution in [0.3, 0.4) is 0 Å². The topological polar surface area (TPSA) is 80.8 Å². The van der Waals surface area contributed by atoms with E-state index in [1.165, 1.54) is 6.07 Å². The summed E-state index contributed by atoms with van der Waals surface area (Å²) < 4.78 is 92.3. The van der Waals surface area contributed by atoms with Crippen LogP contribution in [0.5, 0.6) is 0 Å². The van der Waals surface area contributed by atoms with Gasteiger partial charge in [0.1, 0.15) is 11.4 Å². The molecule has 2 aromatic rings. The van der Waals surface area contributed by atoms with Gasteiger partial charge in [0.2, 0.25) is 11.9 Å². The summed E-state index contributed by atoms with van der Waals surface area (Å²) in [7, 11) is 0. The molecule has 162 valence electrons. The molecule has 2 aliphatic rings. The fourth-order valence-corrected chi connectivity index (χ4v) is 3.06. The van der Waals surface area contributed by atoms with Crippen molar-refractivity contribution in [3.8, 4) is 11.5 Å². The number of pyridine rings is 1. The minimum Gasteiger partial charge on any atom is -0.368 e. The van der Waals surface area contributed by atoms with Gasteiger partial charge < -0.3 is 10.6 Å². The number of alkyl halides is 7. The van der Waals surface area contributed by atoms with Crippen molar-refractivity contribution in [1.82, 2.24) is 19.9 Å². The van der Waals surface area contributed by atoms with Crippen LogP contribution < -0.4 is 10.6 Å². The normalized spacial score (nSPS) is 23.8. The molecule has 30 heavy (non-hydrogen) atoms. The molecule has 0 radical (unpaired) electrons. The van der Waals surface area contributed by atoms with Gasteiger partial charge >= 0.3 is 6.18 Å². The lowest BCUT2D eigenvalue weighted by atomic mass is 10.3. The largest absolute Gasteiger partial charge is 0.433 e. The van der Waals surface area contributed by atoms with Crippen molar-refractivity contribution >= 4 is 11.9 Å². The Kier molecular flexibility index (Phi) is 4.54. The summed E-state index contributed by atoms with van der Waals surface area (Å²) in [4.78, 5) is 16.2. The number of nitrogens with zero attached hydrogens (tertiary/aromatic N) is 5. The summed E-state index contributed by atoms with van der Waals surface area (Å²) in [6.07, 6.45) is -5.50. The maximum Gasteiger partial charge on any atom is 0.433 e. The highest BCUT2D eigenvalue weighted by molar-refractivity contribution is 5.54. The Morgan fingerprint density at radius 3 is 2.00 bits per heavy atom. The Bertz CT molecular complexity index is 940. The molecule has 2 atom stereocenters. The molecule has 6 nitrogen and oxygen atoms in total. The summed E-state index contributed by atoms with van der Waals surface area (Å²) in [5, 5.41) is 0. The number of hydrogen-bond acceptors (Lipinski definition) is 6. The van der Waals surface area contributed by atoms with E-state index in [0.717, 1.165) is 17.0 Å². The zero-order valence-electron chi connectivity index (χ0n) is 15.2. The SMILES string of the molecule is Nc1nc(-c2cccc(C(F)(F)F)n2)nc(N(CC2CC2(F)F)CC2CC2(F)F)n1. The minimum atomic E-state index is -4.71. The molecular formula is C17H15F7N6. The quantitative estimate of drug-likeness (QED) is 0.697. The van der Waals surface area contributed by atoms with E-state index < -0.39 is 54.3 Å². The first kappa shape index (κ1) is 20.5. The summed E-state index contributed by atoms with van der Waals surface area (Å²) in [6, 6.07) is 3.06. The second kappa shape index (κ2) is 6.64. The van der Waals surface area contributed by atoms with Crippen LogP contribution in [0.4, 0.5) is 42.6 Å². The predicted molar refractivity (Wildman–Crippen MR) is 90.8 cm³/mol. The van der Waals surface area contributed by atoms with Crippen LogP contribution >= 0.6 is 0 Å². The smallest absolute Gasteiger partial charge is 0.368 e. The third kappa shape index (κ3) is 4.24. The molecule has 2 aromatic heterocycles. The van der Waals surface area contributed by atoms with Gasteiger partial charge in [-0.1, -0.05) is 6.07 Å². The second-order valence-corrected chi connectivity index (χ2v) is 7.45. The first-order valence-corrected chi connectivity index (χ1v) is 8.92. The fourth-order valence-electron chi connectivity index (χ4n) is 3.06. The van der Waals surface area contributed by atoms with Crippen LogP contribution in [0.1, 0.15) is 18.5 Å². The predicted octanol–water partition coefficient (Wildman–Crippen LogP) is 3.65. The standard InChI is InChI=1S/C17H15F7N6/c18-15(19)4-8(15)6-30(7-9-5-16(9,20)21)14-28-12(27-13(25)29-14)10-2-1-3-11(26-10)17(22,23)24/h1-3,8-9H,4-7H2,(H2,25,27,28,29). The van der Waals surface area contributed by atoms with Gasteiger partial charge in [0.05, 0.1) is 0 Å². The van der Waals surface area contributed by atoms with Crippen molar-refractivity contribution in [2.24, 2.45) is 11.8 Å². The number of hydrogen-bond donors (Lipinski definition) is 1. The van der Waals surface area contributed by atoms with Gasteiger partial charge in [0.25, 0.3) is 11.8 Å². The molecular weight excluding hydrogens is 421 g/mol.